The zero-order chi connectivity index (χ0) is 16.0. The molecule has 0 amide bonds. The normalized spacial score (nSPS) is 11.2. The van der Waals surface area contributed by atoms with Crippen LogP contribution in [0, 0.1) is 0 Å². The molecule has 0 aliphatic rings. The maximum atomic E-state index is 11.3. The van der Waals surface area contributed by atoms with E-state index in [1.165, 1.54) is 18.4 Å². The minimum absolute atomic E-state index is 0.283. The van der Waals surface area contributed by atoms with Crippen molar-refractivity contribution in [3.63, 3.8) is 0 Å². The SMILES string of the molecule is CS(=O)(=O)c1ccc(OCCCOc2ccc(Cl)cc2)cc1. The molecule has 2 aromatic rings. The van der Waals surface area contributed by atoms with Crippen molar-refractivity contribution in [1.82, 2.24) is 0 Å². The molecule has 6 heteroatoms. The van der Waals surface area contributed by atoms with E-state index < -0.39 is 9.84 Å². The summed E-state index contributed by atoms with van der Waals surface area (Å²) < 4.78 is 33.7. The first-order valence-corrected chi connectivity index (χ1v) is 9.03. The van der Waals surface area contributed by atoms with Gasteiger partial charge in [-0.1, -0.05) is 11.6 Å². The zero-order valence-corrected chi connectivity index (χ0v) is 13.7. The van der Waals surface area contributed by atoms with Crippen LogP contribution in [0.15, 0.2) is 53.4 Å². The first kappa shape index (κ1) is 16.6. The van der Waals surface area contributed by atoms with Crippen LogP contribution in [0.2, 0.25) is 5.02 Å². The van der Waals surface area contributed by atoms with Crippen LogP contribution < -0.4 is 9.47 Å². The summed E-state index contributed by atoms with van der Waals surface area (Å²) in [6, 6.07) is 13.5. The molecule has 118 valence electrons. The lowest BCUT2D eigenvalue weighted by atomic mass is 10.3. The van der Waals surface area contributed by atoms with E-state index in [1.807, 2.05) is 12.1 Å². The first-order chi connectivity index (χ1) is 10.4. The number of halogens is 1. The largest absolute Gasteiger partial charge is 0.493 e. The fourth-order valence-corrected chi connectivity index (χ4v) is 2.51. The summed E-state index contributed by atoms with van der Waals surface area (Å²) in [4.78, 5) is 0.283. The predicted molar refractivity (Wildman–Crippen MR) is 86.6 cm³/mol. The average Bonchev–Trinajstić information content (AvgIpc) is 2.48. The maximum Gasteiger partial charge on any atom is 0.175 e. The Labute approximate surface area is 135 Å². The molecule has 4 nitrogen and oxygen atoms in total. The summed E-state index contributed by atoms with van der Waals surface area (Å²) >= 11 is 5.79. The van der Waals surface area contributed by atoms with Crippen molar-refractivity contribution < 1.29 is 17.9 Å². The van der Waals surface area contributed by atoms with Crippen molar-refractivity contribution >= 4 is 21.4 Å². The molecule has 0 N–H and O–H groups in total. The van der Waals surface area contributed by atoms with Crippen LogP contribution in [0.25, 0.3) is 0 Å². The summed E-state index contributed by atoms with van der Waals surface area (Å²) in [7, 11) is -3.17. The molecule has 0 saturated heterocycles. The van der Waals surface area contributed by atoms with Crippen LogP contribution in [-0.4, -0.2) is 27.9 Å². The molecule has 0 unspecified atom stereocenters. The number of ether oxygens (including phenoxy) is 2. The third kappa shape index (κ3) is 5.24. The van der Waals surface area contributed by atoms with Crippen LogP contribution in [-0.2, 0) is 9.84 Å². The highest BCUT2D eigenvalue weighted by molar-refractivity contribution is 7.90. The molecule has 0 atom stereocenters. The standard InChI is InChI=1S/C16H17ClO4S/c1-22(18,19)16-9-7-15(8-10-16)21-12-2-11-20-14-5-3-13(17)4-6-14/h3-10H,2,11-12H2,1H3. The van der Waals surface area contributed by atoms with Crippen molar-refractivity contribution in [2.75, 3.05) is 19.5 Å². The smallest absolute Gasteiger partial charge is 0.175 e. The van der Waals surface area contributed by atoms with Gasteiger partial charge in [-0.15, -0.1) is 0 Å². The van der Waals surface area contributed by atoms with Gasteiger partial charge in [0.25, 0.3) is 0 Å². The summed E-state index contributed by atoms with van der Waals surface area (Å²) in [5.74, 6) is 1.40. The van der Waals surface area contributed by atoms with Gasteiger partial charge in [-0.05, 0) is 48.5 Å². The monoisotopic (exact) mass is 340 g/mol. The molecule has 0 radical (unpaired) electrons. The molecule has 0 aliphatic carbocycles. The molecular formula is C16H17ClO4S. The Morgan fingerprint density at radius 1 is 0.864 bits per heavy atom. The highest BCUT2D eigenvalue weighted by Crippen LogP contribution is 2.17. The molecular weight excluding hydrogens is 324 g/mol. The van der Waals surface area contributed by atoms with Gasteiger partial charge >= 0.3 is 0 Å². The van der Waals surface area contributed by atoms with Crippen molar-refractivity contribution in [3.8, 4) is 11.5 Å². The van der Waals surface area contributed by atoms with Crippen LogP contribution in [0.5, 0.6) is 11.5 Å². The van der Waals surface area contributed by atoms with Gasteiger partial charge in [0.15, 0.2) is 9.84 Å². The van der Waals surface area contributed by atoms with Crippen LogP contribution >= 0.6 is 11.6 Å². The highest BCUT2D eigenvalue weighted by atomic mass is 35.5. The minimum atomic E-state index is -3.17. The van der Waals surface area contributed by atoms with E-state index in [9.17, 15) is 8.42 Å². The Bertz CT molecular complexity index is 694. The van der Waals surface area contributed by atoms with E-state index in [0.717, 1.165) is 12.2 Å². The molecule has 0 bridgehead atoms. The van der Waals surface area contributed by atoms with E-state index in [2.05, 4.69) is 0 Å². The van der Waals surface area contributed by atoms with Crippen LogP contribution in [0.1, 0.15) is 6.42 Å². The second-order valence-corrected chi connectivity index (χ2v) is 7.20. The van der Waals surface area contributed by atoms with E-state index in [1.54, 1.807) is 24.3 Å². The molecule has 0 aromatic heterocycles. The maximum absolute atomic E-state index is 11.3. The van der Waals surface area contributed by atoms with Crippen molar-refractivity contribution in [1.29, 1.82) is 0 Å². The zero-order valence-electron chi connectivity index (χ0n) is 12.2. The lowest BCUT2D eigenvalue weighted by Crippen LogP contribution is -2.05. The van der Waals surface area contributed by atoms with E-state index in [-0.39, 0.29) is 4.90 Å². The van der Waals surface area contributed by atoms with Gasteiger partial charge < -0.3 is 9.47 Å². The van der Waals surface area contributed by atoms with Gasteiger partial charge in [0.2, 0.25) is 0 Å². The second-order valence-electron chi connectivity index (χ2n) is 4.75. The molecule has 0 aliphatic heterocycles. The van der Waals surface area contributed by atoms with E-state index >= 15 is 0 Å². The molecule has 2 rings (SSSR count). The molecule has 0 spiro atoms. The predicted octanol–water partition coefficient (Wildman–Crippen LogP) is 3.59. The van der Waals surface area contributed by atoms with Crippen molar-refractivity contribution in [3.05, 3.63) is 53.6 Å². The van der Waals surface area contributed by atoms with Gasteiger partial charge in [0.05, 0.1) is 18.1 Å². The van der Waals surface area contributed by atoms with Gasteiger partial charge in [-0.3, -0.25) is 0 Å². The number of hydrogen-bond acceptors (Lipinski definition) is 4. The average molecular weight is 341 g/mol. The molecule has 0 fully saturated rings. The lowest BCUT2D eigenvalue weighted by Gasteiger charge is -2.08. The minimum Gasteiger partial charge on any atom is -0.493 e. The van der Waals surface area contributed by atoms with Crippen LogP contribution in [0.3, 0.4) is 0 Å². The van der Waals surface area contributed by atoms with Gasteiger partial charge in [0.1, 0.15) is 11.5 Å². The highest BCUT2D eigenvalue weighted by Gasteiger charge is 2.06. The summed E-state index contributed by atoms with van der Waals surface area (Å²) in [5, 5.41) is 0.674. The topological polar surface area (TPSA) is 52.6 Å². The molecule has 0 heterocycles. The number of benzene rings is 2. The third-order valence-corrected chi connectivity index (χ3v) is 4.27. The number of rotatable bonds is 7. The molecule has 22 heavy (non-hydrogen) atoms. The van der Waals surface area contributed by atoms with Gasteiger partial charge in [-0.25, -0.2) is 8.42 Å². The molecule has 0 saturated carbocycles. The Morgan fingerprint density at radius 3 is 1.77 bits per heavy atom. The Kier molecular flexibility index (Phi) is 5.69. The van der Waals surface area contributed by atoms with Gasteiger partial charge in [0, 0.05) is 17.7 Å². The van der Waals surface area contributed by atoms with E-state index in [4.69, 9.17) is 21.1 Å². The fraction of sp³-hybridized carbons (Fsp3) is 0.250. The van der Waals surface area contributed by atoms with Crippen molar-refractivity contribution in [2.24, 2.45) is 0 Å². The molecule has 2 aromatic carbocycles. The first-order valence-electron chi connectivity index (χ1n) is 6.76. The fourth-order valence-electron chi connectivity index (χ4n) is 1.75. The quantitative estimate of drug-likeness (QED) is 0.723. The Hall–Kier alpha value is -1.72. The van der Waals surface area contributed by atoms with E-state index in [0.29, 0.717) is 24.0 Å². The summed E-state index contributed by atoms with van der Waals surface area (Å²) in [6.07, 6.45) is 1.90. The summed E-state index contributed by atoms with van der Waals surface area (Å²) in [6.45, 7) is 1.02. The number of sulfone groups is 1. The number of hydrogen-bond donors (Lipinski definition) is 0. The summed E-state index contributed by atoms with van der Waals surface area (Å²) in [5.41, 5.74) is 0. The van der Waals surface area contributed by atoms with Gasteiger partial charge in [-0.2, -0.15) is 0 Å². The second kappa shape index (κ2) is 7.51. The Morgan fingerprint density at radius 2 is 1.32 bits per heavy atom. The Balaban J connectivity index is 1.71. The third-order valence-electron chi connectivity index (χ3n) is 2.89. The van der Waals surface area contributed by atoms with Crippen molar-refractivity contribution in [2.45, 2.75) is 11.3 Å². The lowest BCUT2D eigenvalue weighted by molar-refractivity contribution is 0.247. The van der Waals surface area contributed by atoms with Crippen LogP contribution in [0.4, 0.5) is 0 Å².